The molecule has 0 spiro atoms. The van der Waals surface area contributed by atoms with Crippen molar-refractivity contribution in [2.24, 2.45) is 0 Å². The molecule has 0 fully saturated rings. The van der Waals surface area contributed by atoms with Crippen LogP contribution < -0.4 is 10.2 Å². The summed E-state index contributed by atoms with van der Waals surface area (Å²) in [5.41, 5.74) is 5.04. The van der Waals surface area contributed by atoms with Crippen molar-refractivity contribution >= 4 is 27.5 Å². The van der Waals surface area contributed by atoms with E-state index in [1.165, 1.54) is 10.3 Å². The number of ether oxygens (including phenoxy) is 1. The molecule has 0 aliphatic rings. The van der Waals surface area contributed by atoms with E-state index >= 15 is 0 Å². The zero-order valence-electron chi connectivity index (χ0n) is 15.4. The molecule has 6 heteroatoms. The fourth-order valence-corrected chi connectivity index (χ4v) is 3.91. The van der Waals surface area contributed by atoms with Gasteiger partial charge in [-0.2, -0.15) is 0 Å². The van der Waals surface area contributed by atoms with Gasteiger partial charge in [-0.15, -0.1) is 11.3 Å². The minimum atomic E-state index is -0.324. The number of nitrogens with zero attached hydrogens (tertiary/aromatic N) is 1. The molecule has 3 aromatic rings. The smallest absolute Gasteiger partial charge is 0.243 e. The van der Waals surface area contributed by atoms with Crippen molar-refractivity contribution in [1.82, 2.24) is 10.5 Å². The lowest BCUT2D eigenvalue weighted by Gasteiger charge is -2.06. The minimum Gasteiger partial charge on any atom is -0.494 e. The molecular weight excluding hydrogens is 360 g/mol. The highest BCUT2D eigenvalue weighted by Crippen LogP contribution is 2.31. The molecule has 0 radical (unpaired) electrons. The van der Waals surface area contributed by atoms with Crippen LogP contribution in [-0.2, 0) is 4.79 Å². The van der Waals surface area contributed by atoms with Crippen LogP contribution >= 0.6 is 11.3 Å². The second-order valence-corrected chi connectivity index (χ2v) is 7.59. The van der Waals surface area contributed by atoms with Crippen LogP contribution in [0.15, 0.2) is 42.5 Å². The SMILES string of the molecule is Cc1ccc2nc(-c3ccc(OCCCCCCC(=O)NO)cc3)sc2c1. The van der Waals surface area contributed by atoms with Gasteiger partial charge < -0.3 is 4.74 Å². The number of benzene rings is 2. The zero-order chi connectivity index (χ0) is 19.1. The van der Waals surface area contributed by atoms with Crippen LogP contribution in [0.2, 0.25) is 0 Å². The number of aromatic nitrogens is 1. The number of carbonyl (C=O) groups is 1. The molecule has 1 aromatic heterocycles. The fraction of sp³-hybridized carbons (Fsp3) is 0.333. The van der Waals surface area contributed by atoms with Crippen LogP contribution in [0.5, 0.6) is 5.75 Å². The summed E-state index contributed by atoms with van der Waals surface area (Å²) in [7, 11) is 0. The Kier molecular flexibility index (Phi) is 6.79. The van der Waals surface area contributed by atoms with Crippen LogP contribution in [0, 0.1) is 6.92 Å². The van der Waals surface area contributed by atoms with E-state index in [0.717, 1.165) is 47.5 Å². The van der Waals surface area contributed by atoms with Gasteiger partial charge in [-0.25, -0.2) is 10.5 Å². The van der Waals surface area contributed by atoms with E-state index in [1.54, 1.807) is 16.8 Å². The Morgan fingerprint density at radius 3 is 2.67 bits per heavy atom. The molecule has 1 amide bonds. The molecule has 0 saturated carbocycles. The number of hydrogen-bond acceptors (Lipinski definition) is 5. The lowest BCUT2D eigenvalue weighted by molar-refractivity contribution is -0.129. The van der Waals surface area contributed by atoms with Gasteiger partial charge in [-0.3, -0.25) is 10.0 Å². The maximum atomic E-state index is 10.9. The van der Waals surface area contributed by atoms with Crippen LogP contribution in [0.25, 0.3) is 20.8 Å². The second kappa shape index (κ2) is 9.48. The van der Waals surface area contributed by atoms with Crippen molar-refractivity contribution in [3.8, 4) is 16.3 Å². The highest BCUT2D eigenvalue weighted by molar-refractivity contribution is 7.21. The average molecular weight is 385 g/mol. The zero-order valence-corrected chi connectivity index (χ0v) is 16.2. The Morgan fingerprint density at radius 1 is 1.11 bits per heavy atom. The summed E-state index contributed by atoms with van der Waals surface area (Å²) in [6.45, 7) is 2.75. The third kappa shape index (κ3) is 5.52. The number of thiazole rings is 1. The van der Waals surface area contributed by atoms with Gasteiger partial charge in [0.15, 0.2) is 0 Å². The average Bonchev–Trinajstić information content (AvgIpc) is 3.10. The van der Waals surface area contributed by atoms with E-state index in [2.05, 4.69) is 25.1 Å². The van der Waals surface area contributed by atoms with Crippen molar-refractivity contribution < 1.29 is 14.7 Å². The van der Waals surface area contributed by atoms with E-state index in [9.17, 15) is 4.79 Å². The molecule has 27 heavy (non-hydrogen) atoms. The highest BCUT2D eigenvalue weighted by Gasteiger charge is 2.07. The van der Waals surface area contributed by atoms with Crippen LogP contribution in [0.4, 0.5) is 0 Å². The molecule has 2 aromatic carbocycles. The maximum absolute atomic E-state index is 10.9. The Bertz CT molecular complexity index is 890. The third-order valence-electron chi connectivity index (χ3n) is 4.34. The number of amides is 1. The molecule has 0 saturated heterocycles. The molecule has 0 unspecified atom stereocenters. The van der Waals surface area contributed by atoms with Gasteiger partial charge in [0.25, 0.3) is 0 Å². The second-order valence-electron chi connectivity index (χ2n) is 6.56. The molecular formula is C21H24N2O3S. The summed E-state index contributed by atoms with van der Waals surface area (Å²) in [4.78, 5) is 15.6. The van der Waals surface area contributed by atoms with Crippen molar-refractivity contribution in [1.29, 1.82) is 0 Å². The number of aryl methyl sites for hydroxylation is 1. The number of unbranched alkanes of at least 4 members (excludes halogenated alkanes) is 3. The van der Waals surface area contributed by atoms with E-state index in [4.69, 9.17) is 14.9 Å². The number of nitrogens with one attached hydrogen (secondary N) is 1. The number of carbonyl (C=O) groups excluding carboxylic acids is 1. The molecule has 0 atom stereocenters. The van der Waals surface area contributed by atoms with E-state index in [-0.39, 0.29) is 5.91 Å². The first-order valence-electron chi connectivity index (χ1n) is 9.19. The maximum Gasteiger partial charge on any atom is 0.243 e. The predicted molar refractivity (Wildman–Crippen MR) is 108 cm³/mol. The summed E-state index contributed by atoms with van der Waals surface area (Å²) in [6, 6.07) is 14.4. The molecule has 0 bridgehead atoms. The van der Waals surface area contributed by atoms with E-state index in [1.807, 2.05) is 24.3 Å². The van der Waals surface area contributed by atoms with Gasteiger partial charge in [-0.1, -0.05) is 18.9 Å². The molecule has 3 rings (SSSR count). The van der Waals surface area contributed by atoms with Gasteiger partial charge in [0.1, 0.15) is 10.8 Å². The molecule has 0 aliphatic heterocycles. The van der Waals surface area contributed by atoms with Crippen molar-refractivity contribution in [3.05, 3.63) is 48.0 Å². The first kappa shape index (κ1) is 19.3. The molecule has 2 N–H and O–H groups in total. The summed E-state index contributed by atoms with van der Waals surface area (Å²) in [5.74, 6) is 0.532. The topological polar surface area (TPSA) is 71.5 Å². The fourth-order valence-electron chi connectivity index (χ4n) is 2.84. The third-order valence-corrected chi connectivity index (χ3v) is 5.40. The van der Waals surface area contributed by atoms with Gasteiger partial charge in [0, 0.05) is 12.0 Å². The first-order chi connectivity index (χ1) is 13.2. The normalized spacial score (nSPS) is 10.9. The highest BCUT2D eigenvalue weighted by atomic mass is 32.1. The molecule has 5 nitrogen and oxygen atoms in total. The first-order valence-corrected chi connectivity index (χ1v) is 10.0. The minimum absolute atomic E-state index is 0.324. The van der Waals surface area contributed by atoms with Gasteiger partial charge >= 0.3 is 0 Å². The predicted octanol–water partition coefficient (Wildman–Crippen LogP) is 5.11. The van der Waals surface area contributed by atoms with Gasteiger partial charge in [0.05, 0.1) is 16.8 Å². The van der Waals surface area contributed by atoms with E-state index < -0.39 is 0 Å². The summed E-state index contributed by atoms with van der Waals surface area (Å²) >= 11 is 1.71. The van der Waals surface area contributed by atoms with Crippen LogP contribution in [0.3, 0.4) is 0 Å². The standard InChI is InChI=1S/C21H24N2O3S/c1-15-7-12-18-19(14-15)27-21(22-18)16-8-10-17(11-9-16)26-13-5-3-2-4-6-20(24)23-25/h7-12,14,25H,2-6,13H2,1H3,(H,23,24). The van der Waals surface area contributed by atoms with Gasteiger partial charge in [-0.05, 0) is 61.7 Å². The van der Waals surface area contributed by atoms with Crippen LogP contribution in [-0.4, -0.2) is 22.7 Å². The van der Waals surface area contributed by atoms with Crippen LogP contribution in [0.1, 0.15) is 37.7 Å². The number of hydrogen-bond donors (Lipinski definition) is 2. The van der Waals surface area contributed by atoms with E-state index in [0.29, 0.717) is 13.0 Å². The largest absolute Gasteiger partial charge is 0.494 e. The monoisotopic (exact) mass is 384 g/mol. The quantitative estimate of drug-likeness (QED) is 0.306. The van der Waals surface area contributed by atoms with Crippen molar-refractivity contribution in [2.75, 3.05) is 6.61 Å². The number of rotatable bonds is 9. The number of fused-ring (bicyclic) bond motifs is 1. The Balaban J connectivity index is 1.45. The lowest BCUT2D eigenvalue weighted by atomic mass is 10.1. The summed E-state index contributed by atoms with van der Waals surface area (Å²) in [5, 5.41) is 9.44. The molecule has 142 valence electrons. The Labute approximate surface area is 163 Å². The molecule has 0 aliphatic carbocycles. The summed E-state index contributed by atoms with van der Waals surface area (Å²) in [6.07, 6.45) is 4.04. The Hall–Kier alpha value is -2.44. The van der Waals surface area contributed by atoms with Crippen molar-refractivity contribution in [3.63, 3.8) is 0 Å². The lowest BCUT2D eigenvalue weighted by Crippen LogP contribution is -2.17. The van der Waals surface area contributed by atoms with Gasteiger partial charge in [0.2, 0.25) is 5.91 Å². The molecule has 1 heterocycles. The summed E-state index contributed by atoms with van der Waals surface area (Å²) < 4.78 is 6.99. The van der Waals surface area contributed by atoms with Crippen molar-refractivity contribution in [2.45, 2.75) is 39.0 Å². The number of hydroxylamine groups is 1. The Morgan fingerprint density at radius 2 is 1.89 bits per heavy atom.